The topological polar surface area (TPSA) is 0 Å². The van der Waals surface area contributed by atoms with Crippen molar-refractivity contribution in [2.75, 3.05) is 0 Å². The molecule has 8 aromatic rings. The van der Waals surface area contributed by atoms with Crippen molar-refractivity contribution in [1.29, 1.82) is 0 Å². The minimum absolute atomic E-state index is 0.139. The summed E-state index contributed by atoms with van der Waals surface area (Å²) in [4.78, 5) is 0. The molecule has 0 amide bonds. The van der Waals surface area contributed by atoms with E-state index in [1.807, 2.05) is 0 Å². The maximum absolute atomic E-state index is 2.61. The third-order valence-electron chi connectivity index (χ3n) is 13.8. The molecule has 4 fully saturated rings. The highest BCUT2D eigenvalue weighted by atomic mass is 14.6. The van der Waals surface area contributed by atoms with Gasteiger partial charge in [-0.2, -0.15) is 0 Å². The summed E-state index contributed by atoms with van der Waals surface area (Å²) < 4.78 is 0. The van der Waals surface area contributed by atoms with Gasteiger partial charge < -0.3 is 0 Å². The Balaban J connectivity index is 1.15. The molecule has 0 nitrogen and oxygen atoms in total. The number of benzene rings is 8. The second-order valence-corrected chi connectivity index (χ2v) is 16.0. The van der Waals surface area contributed by atoms with Crippen molar-refractivity contribution in [3.05, 3.63) is 157 Å². The standard InChI is InChI=1S/C50H38/c1-3-13-37-32(10-1)12-9-19-39(37)48-42-17-7-5-15-40(42)47(41-16-6-8-18-43(41)48)34-21-23-46-45(29-34)44-22-20-33-11-2-4-14-38(33)49(44)50(46)35-25-30-24-31(27-35)28-36(50)26-30/h1-23,29-31,35-36H,24-28H2. The van der Waals surface area contributed by atoms with E-state index in [9.17, 15) is 0 Å². The molecule has 13 rings (SSSR count). The monoisotopic (exact) mass is 638 g/mol. The van der Waals surface area contributed by atoms with E-state index in [1.165, 1.54) is 109 Å². The molecular weight excluding hydrogens is 601 g/mol. The van der Waals surface area contributed by atoms with Crippen molar-refractivity contribution in [2.45, 2.75) is 37.5 Å². The summed E-state index contributed by atoms with van der Waals surface area (Å²) in [7, 11) is 0. The van der Waals surface area contributed by atoms with E-state index in [4.69, 9.17) is 0 Å². The molecule has 5 aliphatic carbocycles. The van der Waals surface area contributed by atoms with Crippen LogP contribution < -0.4 is 0 Å². The largest absolute Gasteiger partial charge is 0.0616 e. The molecule has 0 saturated heterocycles. The first kappa shape index (κ1) is 27.6. The van der Waals surface area contributed by atoms with Gasteiger partial charge in [-0.15, -0.1) is 0 Å². The molecule has 0 heterocycles. The summed E-state index contributed by atoms with van der Waals surface area (Å²) in [6.07, 6.45) is 7.10. The fourth-order valence-corrected chi connectivity index (χ4v) is 12.3. The minimum Gasteiger partial charge on any atom is -0.0616 e. The predicted octanol–water partition coefficient (Wildman–Crippen LogP) is 13.4. The Bertz CT molecular complexity index is 2640. The second-order valence-electron chi connectivity index (χ2n) is 16.0. The summed E-state index contributed by atoms with van der Waals surface area (Å²) in [5.41, 5.74) is 11.7. The van der Waals surface area contributed by atoms with E-state index >= 15 is 0 Å². The third-order valence-corrected chi connectivity index (χ3v) is 13.8. The van der Waals surface area contributed by atoms with Gasteiger partial charge in [0.15, 0.2) is 0 Å². The molecule has 4 saturated carbocycles. The molecule has 4 bridgehead atoms. The normalized spacial score (nSPS) is 24.5. The van der Waals surface area contributed by atoms with Crippen molar-refractivity contribution in [3.8, 4) is 33.4 Å². The minimum atomic E-state index is 0.139. The van der Waals surface area contributed by atoms with E-state index in [0.29, 0.717) is 0 Å². The molecule has 0 atom stereocenters. The second kappa shape index (κ2) is 9.95. The number of fused-ring (bicyclic) bond motifs is 8. The maximum Gasteiger partial charge on any atom is 0.0278 e. The van der Waals surface area contributed by atoms with Crippen LogP contribution in [0, 0.1) is 23.7 Å². The van der Waals surface area contributed by atoms with E-state index in [2.05, 4.69) is 146 Å². The highest BCUT2D eigenvalue weighted by Crippen LogP contribution is 2.70. The lowest BCUT2D eigenvalue weighted by atomic mass is 9.43. The molecule has 238 valence electrons. The number of rotatable bonds is 2. The van der Waals surface area contributed by atoms with Crippen LogP contribution in [0.2, 0.25) is 0 Å². The highest BCUT2D eigenvalue weighted by molar-refractivity contribution is 6.23. The zero-order chi connectivity index (χ0) is 32.6. The molecule has 0 unspecified atom stereocenters. The van der Waals surface area contributed by atoms with Gasteiger partial charge in [-0.05, 0) is 149 Å². The van der Waals surface area contributed by atoms with E-state index in [1.54, 1.807) is 11.1 Å². The molecule has 0 aromatic heterocycles. The molecular formula is C50H38. The third kappa shape index (κ3) is 3.47. The van der Waals surface area contributed by atoms with E-state index in [0.717, 1.165) is 23.7 Å². The molecule has 8 aromatic carbocycles. The Morgan fingerprint density at radius 3 is 1.58 bits per heavy atom. The van der Waals surface area contributed by atoms with Crippen LogP contribution in [0.25, 0.3) is 76.5 Å². The van der Waals surface area contributed by atoms with Gasteiger partial charge in [-0.25, -0.2) is 0 Å². The van der Waals surface area contributed by atoms with Crippen LogP contribution in [0.5, 0.6) is 0 Å². The van der Waals surface area contributed by atoms with Crippen LogP contribution in [-0.4, -0.2) is 0 Å². The van der Waals surface area contributed by atoms with Crippen LogP contribution in [0.4, 0.5) is 0 Å². The quantitative estimate of drug-likeness (QED) is 0.165. The number of hydrogen-bond acceptors (Lipinski definition) is 0. The Morgan fingerprint density at radius 1 is 0.380 bits per heavy atom. The van der Waals surface area contributed by atoms with Crippen LogP contribution >= 0.6 is 0 Å². The van der Waals surface area contributed by atoms with Crippen molar-refractivity contribution in [2.24, 2.45) is 23.7 Å². The summed E-state index contributed by atoms with van der Waals surface area (Å²) >= 11 is 0. The van der Waals surface area contributed by atoms with E-state index in [-0.39, 0.29) is 5.41 Å². The van der Waals surface area contributed by atoms with Crippen LogP contribution in [0.1, 0.15) is 43.2 Å². The van der Waals surface area contributed by atoms with Crippen LogP contribution in [-0.2, 0) is 5.41 Å². The van der Waals surface area contributed by atoms with Crippen molar-refractivity contribution in [1.82, 2.24) is 0 Å². The van der Waals surface area contributed by atoms with Gasteiger partial charge in [0.1, 0.15) is 0 Å². The first-order chi connectivity index (χ1) is 24.8. The molecule has 1 spiro atoms. The zero-order valence-electron chi connectivity index (χ0n) is 28.2. The summed E-state index contributed by atoms with van der Waals surface area (Å²) in [5.74, 6) is 3.36. The fraction of sp³-hybridized carbons (Fsp3) is 0.200. The van der Waals surface area contributed by atoms with Gasteiger partial charge in [0.25, 0.3) is 0 Å². The Labute approximate surface area is 293 Å². The zero-order valence-corrected chi connectivity index (χ0v) is 28.2. The predicted molar refractivity (Wildman–Crippen MR) is 211 cm³/mol. The number of hydrogen-bond donors (Lipinski definition) is 0. The first-order valence-corrected chi connectivity index (χ1v) is 18.9. The maximum atomic E-state index is 2.61. The van der Waals surface area contributed by atoms with Gasteiger partial charge in [0.2, 0.25) is 0 Å². The van der Waals surface area contributed by atoms with Crippen LogP contribution in [0.3, 0.4) is 0 Å². The molecule has 0 radical (unpaired) electrons. The Kier molecular flexibility index (Phi) is 5.49. The Morgan fingerprint density at radius 2 is 0.920 bits per heavy atom. The smallest absolute Gasteiger partial charge is 0.0278 e. The van der Waals surface area contributed by atoms with Gasteiger partial charge in [0, 0.05) is 5.41 Å². The lowest BCUT2D eigenvalue weighted by Gasteiger charge is -2.61. The summed E-state index contributed by atoms with van der Waals surface area (Å²) in [6.45, 7) is 0. The lowest BCUT2D eigenvalue weighted by Crippen LogP contribution is -2.55. The first-order valence-electron chi connectivity index (χ1n) is 18.9. The van der Waals surface area contributed by atoms with Gasteiger partial charge in [-0.3, -0.25) is 0 Å². The highest BCUT2D eigenvalue weighted by Gasteiger charge is 2.62. The average Bonchev–Trinajstić information content (AvgIpc) is 3.46. The van der Waals surface area contributed by atoms with Gasteiger partial charge in [0.05, 0.1) is 0 Å². The summed E-state index contributed by atoms with van der Waals surface area (Å²) in [5, 5.41) is 10.8. The SMILES string of the molecule is c1ccc2c(-c3c4ccccc4c(-c4ccc5c(c4)-c4ccc6ccccc6c4C54C5CC6CC(C5)CC4C6)c4ccccc34)cccc2c1. The molecule has 5 aliphatic rings. The molecule has 0 heteroatoms. The van der Waals surface area contributed by atoms with Gasteiger partial charge in [-0.1, -0.05) is 140 Å². The van der Waals surface area contributed by atoms with Gasteiger partial charge >= 0.3 is 0 Å². The van der Waals surface area contributed by atoms with E-state index < -0.39 is 0 Å². The van der Waals surface area contributed by atoms with Crippen molar-refractivity contribution < 1.29 is 0 Å². The fourth-order valence-electron chi connectivity index (χ4n) is 12.3. The molecule has 50 heavy (non-hydrogen) atoms. The molecule has 0 N–H and O–H groups in total. The average molecular weight is 639 g/mol. The lowest BCUT2D eigenvalue weighted by molar-refractivity contribution is -0.0393. The van der Waals surface area contributed by atoms with Crippen LogP contribution in [0.15, 0.2) is 146 Å². The molecule has 0 aliphatic heterocycles. The Hall–Kier alpha value is -5.20. The summed E-state index contributed by atoms with van der Waals surface area (Å²) in [6, 6.07) is 55.8. The van der Waals surface area contributed by atoms with Crippen molar-refractivity contribution >= 4 is 43.1 Å². The van der Waals surface area contributed by atoms with Crippen molar-refractivity contribution in [3.63, 3.8) is 0 Å².